The zero-order valence-electron chi connectivity index (χ0n) is 9.03. The standard InChI is InChI=1S/C12H14FNO2/c1-7-2-3-8(11(13)4-7)9-5-14-6-10(9)12(15)16/h2-4,9-10,14H,5-6H2,1H3,(H,15,16). The van der Waals surface area contributed by atoms with E-state index in [9.17, 15) is 9.18 Å². The molecule has 0 saturated carbocycles. The van der Waals surface area contributed by atoms with Crippen LogP contribution in [0.2, 0.25) is 0 Å². The molecule has 1 aromatic rings. The molecule has 1 aliphatic heterocycles. The molecule has 4 heteroatoms. The summed E-state index contributed by atoms with van der Waals surface area (Å²) in [5.41, 5.74) is 1.35. The van der Waals surface area contributed by atoms with Crippen LogP contribution in [0.3, 0.4) is 0 Å². The van der Waals surface area contributed by atoms with Crippen LogP contribution in [0.5, 0.6) is 0 Å². The van der Waals surface area contributed by atoms with Gasteiger partial charge < -0.3 is 10.4 Å². The number of halogens is 1. The van der Waals surface area contributed by atoms with Crippen molar-refractivity contribution < 1.29 is 14.3 Å². The van der Waals surface area contributed by atoms with Crippen molar-refractivity contribution in [3.63, 3.8) is 0 Å². The van der Waals surface area contributed by atoms with Gasteiger partial charge in [0.15, 0.2) is 0 Å². The Hall–Kier alpha value is -1.42. The molecule has 2 atom stereocenters. The summed E-state index contributed by atoms with van der Waals surface area (Å²) in [5, 5.41) is 12.0. The Kier molecular flexibility index (Phi) is 2.92. The predicted octanol–water partition coefficient (Wildman–Crippen LogP) is 1.52. The van der Waals surface area contributed by atoms with E-state index in [0.29, 0.717) is 18.7 Å². The fourth-order valence-corrected chi connectivity index (χ4v) is 2.20. The zero-order chi connectivity index (χ0) is 11.7. The topological polar surface area (TPSA) is 49.3 Å². The Morgan fingerprint density at radius 1 is 1.50 bits per heavy atom. The maximum absolute atomic E-state index is 13.7. The molecule has 2 rings (SSSR count). The number of aliphatic carboxylic acids is 1. The van der Waals surface area contributed by atoms with E-state index in [1.165, 1.54) is 6.07 Å². The quantitative estimate of drug-likeness (QED) is 0.799. The molecule has 1 aromatic carbocycles. The number of benzene rings is 1. The summed E-state index contributed by atoms with van der Waals surface area (Å²) < 4.78 is 13.7. The van der Waals surface area contributed by atoms with Crippen LogP contribution in [0.1, 0.15) is 17.0 Å². The number of carboxylic acids is 1. The molecule has 86 valence electrons. The van der Waals surface area contributed by atoms with Crippen LogP contribution in [-0.2, 0) is 4.79 Å². The van der Waals surface area contributed by atoms with E-state index in [-0.39, 0.29) is 11.7 Å². The number of rotatable bonds is 2. The van der Waals surface area contributed by atoms with E-state index in [1.54, 1.807) is 6.07 Å². The van der Waals surface area contributed by atoms with Crippen LogP contribution in [0.4, 0.5) is 4.39 Å². The van der Waals surface area contributed by atoms with Gasteiger partial charge in [-0.1, -0.05) is 12.1 Å². The molecule has 2 unspecified atom stereocenters. The lowest BCUT2D eigenvalue weighted by Gasteiger charge is -2.16. The number of hydrogen-bond donors (Lipinski definition) is 2. The van der Waals surface area contributed by atoms with Crippen LogP contribution < -0.4 is 5.32 Å². The van der Waals surface area contributed by atoms with Gasteiger partial charge in [-0.3, -0.25) is 4.79 Å². The van der Waals surface area contributed by atoms with E-state index in [0.717, 1.165) is 5.56 Å². The van der Waals surface area contributed by atoms with Crippen LogP contribution in [-0.4, -0.2) is 24.2 Å². The van der Waals surface area contributed by atoms with Gasteiger partial charge in [0.2, 0.25) is 0 Å². The molecule has 0 amide bonds. The molecule has 1 aliphatic rings. The van der Waals surface area contributed by atoms with E-state index < -0.39 is 11.9 Å². The summed E-state index contributed by atoms with van der Waals surface area (Å²) in [4.78, 5) is 11.0. The number of carbonyl (C=O) groups is 1. The van der Waals surface area contributed by atoms with Gasteiger partial charge in [0, 0.05) is 19.0 Å². The minimum atomic E-state index is -0.866. The molecule has 2 N–H and O–H groups in total. The summed E-state index contributed by atoms with van der Waals surface area (Å²) in [7, 11) is 0. The molecular weight excluding hydrogens is 209 g/mol. The molecule has 0 spiro atoms. The lowest BCUT2D eigenvalue weighted by atomic mass is 9.88. The molecule has 0 radical (unpaired) electrons. The van der Waals surface area contributed by atoms with E-state index in [1.807, 2.05) is 13.0 Å². The summed E-state index contributed by atoms with van der Waals surface area (Å²) >= 11 is 0. The van der Waals surface area contributed by atoms with Gasteiger partial charge in [0.1, 0.15) is 5.82 Å². The fraction of sp³-hybridized carbons (Fsp3) is 0.417. The predicted molar refractivity (Wildman–Crippen MR) is 57.9 cm³/mol. The van der Waals surface area contributed by atoms with Crippen molar-refractivity contribution in [3.8, 4) is 0 Å². The van der Waals surface area contributed by atoms with Crippen molar-refractivity contribution in [2.45, 2.75) is 12.8 Å². The maximum atomic E-state index is 13.7. The summed E-state index contributed by atoms with van der Waals surface area (Å²) in [6.45, 7) is 2.75. The highest BCUT2D eigenvalue weighted by atomic mass is 19.1. The Labute approximate surface area is 93.3 Å². The highest BCUT2D eigenvalue weighted by Gasteiger charge is 2.35. The smallest absolute Gasteiger partial charge is 0.308 e. The fourth-order valence-electron chi connectivity index (χ4n) is 2.20. The average molecular weight is 223 g/mol. The van der Waals surface area contributed by atoms with Gasteiger partial charge in [-0.15, -0.1) is 0 Å². The molecule has 16 heavy (non-hydrogen) atoms. The molecule has 1 heterocycles. The van der Waals surface area contributed by atoms with Gasteiger partial charge in [-0.2, -0.15) is 0 Å². The summed E-state index contributed by atoms with van der Waals surface area (Å²) in [5.74, 6) is -1.97. The molecule has 1 saturated heterocycles. The van der Waals surface area contributed by atoms with Crippen LogP contribution >= 0.6 is 0 Å². The van der Waals surface area contributed by atoms with Crippen molar-refractivity contribution in [1.82, 2.24) is 5.32 Å². The summed E-state index contributed by atoms with van der Waals surface area (Å²) in [6, 6.07) is 4.96. The lowest BCUT2D eigenvalue weighted by Crippen LogP contribution is -2.21. The Bertz CT molecular complexity index is 419. The van der Waals surface area contributed by atoms with Crippen LogP contribution in [0.25, 0.3) is 0 Å². The van der Waals surface area contributed by atoms with Crippen molar-refractivity contribution in [3.05, 3.63) is 35.1 Å². The van der Waals surface area contributed by atoms with Gasteiger partial charge in [-0.25, -0.2) is 4.39 Å². The number of carboxylic acid groups (broad SMARTS) is 1. The van der Waals surface area contributed by atoms with E-state index in [2.05, 4.69) is 5.32 Å². The molecule has 1 fully saturated rings. The number of hydrogen-bond acceptors (Lipinski definition) is 2. The Morgan fingerprint density at radius 2 is 2.25 bits per heavy atom. The number of aryl methyl sites for hydroxylation is 1. The van der Waals surface area contributed by atoms with E-state index >= 15 is 0 Å². The Morgan fingerprint density at radius 3 is 2.88 bits per heavy atom. The molecule has 3 nitrogen and oxygen atoms in total. The maximum Gasteiger partial charge on any atom is 0.308 e. The van der Waals surface area contributed by atoms with Gasteiger partial charge >= 0.3 is 5.97 Å². The van der Waals surface area contributed by atoms with Gasteiger partial charge in [0.25, 0.3) is 0 Å². The van der Waals surface area contributed by atoms with Crippen molar-refractivity contribution in [2.75, 3.05) is 13.1 Å². The monoisotopic (exact) mass is 223 g/mol. The highest BCUT2D eigenvalue weighted by molar-refractivity contribution is 5.72. The van der Waals surface area contributed by atoms with Gasteiger partial charge in [0.05, 0.1) is 5.92 Å². The van der Waals surface area contributed by atoms with Crippen molar-refractivity contribution in [2.24, 2.45) is 5.92 Å². The molecule has 0 aliphatic carbocycles. The number of nitrogens with one attached hydrogen (secondary N) is 1. The largest absolute Gasteiger partial charge is 0.481 e. The second-order valence-electron chi connectivity index (χ2n) is 4.23. The Balaban J connectivity index is 2.32. The first-order chi connectivity index (χ1) is 7.59. The minimum Gasteiger partial charge on any atom is -0.481 e. The molecule has 0 aromatic heterocycles. The minimum absolute atomic E-state index is 0.266. The zero-order valence-corrected chi connectivity index (χ0v) is 9.03. The normalized spacial score (nSPS) is 24.6. The highest BCUT2D eigenvalue weighted by Crippen LogP contribution is 2.30. The van der Waals surface area contributed by atoms with Gasteiger partial charge in [-0.05, 0) is 24.1 Å². The van der Waals surface area contributed by atoms with Crippen LogP contribution in [0, 0.1) is 18.7 Å². The van der Waals surface area contributed by atoms with Crippen molar-refractivity contribution in [1.29, 1.82) is 0 Å². The van der Waals surface area contributed by atoms with Crippen molar-refractivity contribution >= 4 is 5.97 Å². The molecule has 0 bridgehead atoms. The van der Waals surface area contributed by atoms with E-state index in [4.69, 9.17) is 5.11 Å². The third kappa shape index (κ3) is 1.93. The first-order valence-corrected chi connectivity index (χ1v) is 5.29. The second kappa shape index (κ2) is 4.22. The third-order valence-corrected chi connectivity index (χ3v) is 3.09. The average Bonchev–Trinajstić information content (AvgIpc) is 2.66. The first kappa shape index (κ1) is 11.1. The SMILES string of the molecule is Cc1ccc(C2CNCC2C(=O)O)c(F)c1. The second-order valence-corrected chi connectivity index (χ2v) is 4.23. The molecular formula is C12H14FNO2. The third-order valence-electron chi connectivity index (χ3n) is 3.09. The summed E-state index contributed by atoms with van der Waals surface area (Å²) in [6.07, 6.45) is 0. The first-order valence-electron chi connectivity index (χ1n) is 5.29. The van der Waals surface area contributed by atoms with Crippen LogP contribution in [0.15, 0.2) is 18.2 Å². The lowest BCUT2D eigenvalue weighted by molar-refractivity contribution is -0.141.